The molecule has 2 heterocycles. The lowest BCUT2D eigenvalue weighted by atomic mass is 9.93. The van der Waals surface area contributed by atoms with Crippen molar-refractivity contribution in [1.29, 1.82) is 0 Å². The second-order valence-corrected chi connectivity index (χ2v) is 10.4. The fourth-order valence-electron chi connectivity index (χ4n) is 5.02. The molecule has 3 unspecified atom stereocenters. The molecule has 0 saturated carbocycles. The fraction of sp³-hybridized carbons (Fsp3) is 0.694. The Labute approximate surface area is 282 Å². The van der Waals surface area contributed by atoms with Crippen LogP contribution in [0.2, 0.25) is 0 Å². The van der Waals surface area contributed by atoms with Crippen LogP contribution in [0.25, 0.3) is 0 Å². The molecule has 3 rings (SSSR count). The van der Waals surface area contributed by atoms with Gasteiger partial charge >= 0.3 is 17.9 Å². The highest BCUT2D eigenvalue weighted by molar-refractivity contribution is 6.04. The van der Waals surface area contributed by atoms with E-state index in [1.165, 1.54) is 7.11 Å². The summed E-state index contributed by atoms with van der Waals surface area (Å²) in [6.07, 6.45) is 5.94. The minimum Gasteiger partial charge on any atom is -0.480 e. The zero-order valence-electron chi connectivity index (χ0n) is 30.4. The lowest BCUT2D eigenvalue weighted by molar-refractivity contribution is -0.282. The third-order valence-corrected chi connectivity index (χ3v) is 7.31. The molecule has 0 bridgehead atoms. The number of terminal acetylenes is 1. The summed E-state index contributed by atoms with van der Waals surface area (Å²) in [5, 5.41) is 9.55. The number of carboxylic acids is 1. The van der Waals surface area contributed by atoms with Gasteiger partial charge in [-0.25, -0.2) is 14.4 Å². The van der Waals surface area contributed by atoms with Gasteiger partial charge < -0.3 is 38.4 Å². The van der Waals surface area contributed by atoms with Gasteiger partial charge in [0.1, 0.15) is 6.04 Å². The van der Waals surface area contributed by atoms with Gasteiger partial charge in [-0.15, -0.1) is 12.3 Å². The standard InChI is InChI=1S/C30H41NO10.3C2H6/c1-7-21-17-25(41-29(4,5)36-6)40-24(21)19-39-30(27(34)37-8-2,28(35)38-9-3)18-20-12-14-22(15-13-20)31-16-10-11-23(31)26(32)33;3*1-2/h1,12-15,21,23-25H,8-11,16-19H2,2-6H3,(H,32,33);3*1-2H3/t21?,23?,24?,25-;;;/m1.../s1. The maximum atomic E-state index is 13.4. The van der Waals surface area contributed by atoms with Crippen LogP contribution in [0.4, 0.5) is 5.69 Å². The second-order valence-electron chi connectivity index (χ2n) is 10.4. The van der Waals surface area contributed by atoms with Crippen LogP contribution in [0.5, 0.6) is 0 Å². The first-order valence-corrected chi connectivity index (χ1v) is 16.9. The number of methoxy groups -OCH3 is 1. The van der Waals surface area contributed by atoms with E-state index in [2.05, 4.69) is 5.92 Å². The van der Waals surface area contributed by atoms with E-state index in [-0.39, 0.29) is 26.2 Å². The topological polar surface area (TPSA) is 130 Å². The van der Waals surface area contributed by atoms with Crippen molar-refractivity contribution in [3.05, 3.63) is 29.8 Å². The number of carboxylic acid groups (broad SMARTS) is 1. The van der Waals surface area contributed by atoms with Gasteiger partial charge in [-0.2, -0.15) is 0 Å². The lowest BCUT2D eigenvalue weighted by Gasteiger charge is -2.31. The zero-order valence-corrected chi connectivity index (χ0v) is 30.4. The predicted molar refractivity (Wildman–Crippen MR) is 182 cm³/mol. The third kappa shape index (κ3) is 12.4. The smallest absolute Gasteiger partial charge is 0.350 e. The van der Waals surface area contributed by atoms with Crippen molar-refractivity contribution in [2.24, 2.45) is 5.92 Å². The summed E-state index contributed by atoms with van der Waals surface area (Å²) in [7, 11) is 1.52. The summed E-state index contributed by atoms with van der Waals surface area (Å²) in [5.74, 6) is -1.29. The number of nitrogens with zero attached hydrogens (tertiary/aromatic N) is 1. The average molecular weight is 666 g/mol. The van der Waals surface area contributed by atoms with Crippen LogP contribution in [0.1, 0.15) is 94.1 Å². The van der Waals surface area contributed by atoms with Gasteiger partial charge in [0.2, 0.25) is 0 Å². The maximum Gasteiger partial charge on any atom is 0.350 e. The van der Waals surface area contributed by atoms with E-state index in [4.69, 9.17) is 34.8 Å². The lowest BCUT2D eigenvalue weighted by Crippen LogP contribution is -2.54. The van der Waals surface area contributed by atoms with Crippen molar-refractivity contribution in [3.8, 4) is 12.3 Å². The van der Waals surface area contributed by atoms with Crippen molar-refractivity contribution >= 4 is 23.6 Å². The third-order valence-electron chi connectivity index (χ3n) is 7.31. The highest BCUT2D eigenvalue weighted by atomic mass is 16.8. The van der Waals surface area contributed by atoms with Crippen LogP contribution >= 0.6 is 0 Å². The Morgan fingerprint density at radius 2 is 1.55 bits per heavy atom. The molecule has 0 aromatic heterocycles. The van der Waals surface area contributed by atoms with Crippen LogP contribution in [0, 0.1) is 18.3 Å². The van der Waals surface area contributed by atoms with Crippen molar-refractivity contribution < 1.29 is 47.9 Å². The Hall–Kier alpha value is -3.17. The first-order valence-electron chi connectivity index (χ1n) is 16.9. The number of hydrogen-bond donors (Lipinski definition) is 1. The van der Waals surface area contributed by atoms with Crippen molar-refractivity contribution in [2.45, 2.75) is 125 Å². The average Bonchev–Trinajstić information content (AvgIpc) is 3.73. The van der Waals surface area contributed by atoms with Crippen LogP contribution in [0.15, 0.2) is 24.3 Å². The Bertz CT molecular complexity index is 1080. The van der Waals surface area contributed by atoms with Gasteiger partial charge in [0, 0.05) is 32.2 Å². The minimum atomic E-state index is -2.13. The number of hydrogen-bond acceptors (Lipinski definition) is 10. The number of aliphatic carboxylic acids is 1. The number of benzene rings is 1. The van der Waals surface area contributed by atoms with Crippen molar-refractivity contribution in [1.82, 2.24) is 0 Å². The normalized spacial score (nSPS) is 20.3. The number of carbonyl (C=O) groups is 3. The number of rotatable bonds is 14. The molecular weight excluding hydrogens is 606 g/mol. The number of anilines is 1. The molecule has 2 aliphatic rings. The van der Waals surface area contributed by atoms with Gasteiger partial charge in [0.15, 0.2) is 12.1 Å². The van der Waals surface area contributed by atoms with E-state index in [9.17, 15) is 19.5 Å². The van der Waals surface area contributed by atoms with Crippen LogP contribution in [-0.2, 0) is 49.2 Å². The van der Waals surface area contributed by atoms with Crippen molar-refractivity contribution in [3.63, 3.8) is 0 Å². The minimum absolute atomic E-state index is 0.0166. The zero-order chi connectivity index (χ0) is 36.2. The highest BCUT2D eigenvalue weighted by Gasteiger charge is 2.52. The summed E-state index contributed by atoms with van der Waals surface area (Å²) in [6, 6.07) is 6.41. The summed E-state index contributed by atoms with van der Waals surface area (Å²) in [6.45, 7) is 19.2. The van der Waals surface area contributed by atoms with Crippen LogP contribution in [-0.4, -0.2) is 86.3 Å². The number of esters is 2. The largest absolute Gasteiger partial charge is 0.480 e. The molecule has 2 aliphatic heterocycles. The first kappa shape index (κ1) is 43.8. The molecule has 0 spiro atoms. The number of carbonyl (C=O) groups excluding carboxylic acids is 2. The first-order chi connectivity index (χ1) is 22.5. The molecule has 11 nitrogen and oxygen atoms in total. The molecular formula is C36H59NO10. The SMILES string of the molecule is C#CC1C[C@@H](OC(C)(C)OC)OC1COC(Cc1ccc(N2CCCC2C(=O)O)cc1)(C(=O)OCC)C(=O)OCC.CC.CC.CC. The predicted octanol–water partition coefficient (Wildman–Crippen LogP) is 6.01. The molecule has 1 aromatic rings. The molecule has 47 heavy (non-hydrogen) atoms. The Balaban J connectivity index is 0.00000333. The Morgan fingerprint density at radius 3 is 2.02 bits per heavy atom. The van der Waals surface area contributed by atoms with E-state index in [0.717, 1.165) is 12.1 Å². The van der Waals surface area contributed by atoms with E-state index in [1.807, 2.05) is 46.4 Å². The van der Waals surface area contributed by atoms with Gasteiger partial charge in [0.05, 0.1) is 31.8 Å². The molecule has 1 N–H and O–H groups in total. The molecule has 2 fully saturated rings. The number of ether oxygens (including phenoxy) is 6. The van der Waals surface area contributed by atoms with Gasteiger partial charge in [-0.1, -0.05) is 53.7 Å². The van der Waals surface area contributed by atoms with Gasteiger partial charge in [-0.05, 0) is 58.2 Å². The highest BCUT2D eigenvalue weighted by Crippen LogP contribution is 2.33. The molecule has 11 heteroatoms. The van der Waals surface area contributed by atoms with Crippen LogP contribution in [0.3, 0.4) is 0 Å². The maximum absolute atomic E-state index is 13.4. The Kier molecular flexibility index (Phi) is 20.9. The summed E-state index contributed by atoms with van der Waals surface area (Å²) >= 11 is 0. The molecule has 0 aliphatic carbocycles. The fourth-order valence-corrected chi connectivity index (χ4v) is 5.02. The molecule has 2 saturated heterocycles. The van der Waals surface area contributed by atoms with Gasteiger partial charge in [0.25, 0.3) is 5.60 Å². The summed E-state index contributed by atoms with van der Waals surface area (Å²) in [4.78, 5) is 40.2. The monoisotopic (exact) mass is 665 g/mol. The quantitative estimate of drug-likeness (QED) is 0.109. The summed E-state index contributed by atoms with van der Waals surface area (Å²) in [5.41, 5.74) is -0.804. The molecule has 0 radical (unpaired) electrons. The van der Waals surface area contributed by atoms with Gasteiger partial charge in [-0.3, -0.25) is 0 Å². The molecule has 0 amide bonds. The van der Waals surface area contributed by atoms with Crippen LogP contribution < -0.4 is 4.90 Å². The molecule has 1 aromatic carbocycles. The molecule has 4 atom stereocenters. The van der Waals surface area contributed by atoms with E-state index in [0.29, 0.717) is 24.9 Å². The molecule has 268 valence electrons. The van der Waals surface area contributed by atoms with E-state index in [1.54, 1.807) is 52.0 Å². The van der Waals surface area contributed by atoms with Crippen molar-refractivity contribution in [2.75, 3.05) is 38.4 Å². The van der Waals surface area contributed by atoms with E-state index < -0.39 is 53.6 Å². The summed E-state index contributed by atoms with van der Waals surface area (Å²) < 4.78 is 33.9. The second kappa shape index (κ2) is 22.4. The Morgan fingerprint density at radius 1 is 1.00 bits per heavy atom. The van der Waals surface area contributed by atoms with E-state index >= 15 is 0 Å².